The number of nitrogen functional groups attached to an aromatic ring is 1. The maximum absolute atomic E-state index is 11.9. The van der Waals surface area contributed by atoms with Crippen LogP contribution in [0.15, 0.2) is 17.0 Å². The van der Waals surface area contributed by atoms with Gasteiger partial charge in [-0.3, -0.25) is 0 Å². The Morgan fingerprint density at radius 3 is 2.62 bits per heavy atom. The summed E-state index contributed by atoms with van der Waals surface area (Å²) in [5.74, 6) is 0.465. The number of aromatic nitrogens is 4. The van der Waals surface area contributed by atoms with Gasteiger partial charge in [-0.2, -0.15) is 4.68 Å². The molecule has 0 aliphatic rings. The lowest BCUT2D eigenvalue weighted by atomic mass is 10.4. The summed E-state index contributed by atoms with van der Waals surface area (Å²) in [5, 5.41) is 14.9. The topological polar surface area (TPSA) is 116 Å². The summed E-state index contributed by atoms with van der Waals surface area (Å²) in [4.78, 5) is -0.0484. The summed E-state index contributed by atoms with van der Waals surface area (Å²) < 4.78 is 25.0. The van der Waals surface area contributed by atoms with E-state index in [2.05, 4.69) is 20.6 Å². The van der Waals surface area contributed by atoms with Crippen LogP contribution < -0.4 is 11.1 Å². The molecule has 3 N–H and O–H groups in total. The number of halogens is 1. The van der Waals surface area contributed by atoms with Crippen molar-refractivity contribution in [2.75, 3.05) is 23.9 Å². The zero-order chi connectivity index (χ0) is 15.6. The van der Waals surface area contributed by atoms with Crippen molar-refractivity contribution >= 4 is 33.1 Å². The van der Waals surface area contributed by atoms with E-state index >= 15 is 0 Å². The SMILES string of the molecule is CCCNc1nn(-c2ccc(Cl)nn2)c(N)c1S(C)(=O)=O. The Balaban J connectivity index is 2.58. The predicted molar refractivity (Wildman–Crippen MR) is 80.5 cm³/mol. The van der Waals surface area contributed by atoms with Crippen molar-refractivity contribution in [3.8, 4) is 5.82 Å². The van der Waals surface area contributed by atoms with Crippen molar-refractivity contribution in [3.05, 3.63) is 17.3 Å². The third kappa shape index (κ3) is 3.24. The van der Waals surface area contributed by atoms with E-state index in [9.17, 15) is 8.42 Å². The zero-order valence-corrected chi connectivity index (χ0v) is 13.1. The van der Waals surface area contributed by atoms with Gasteiger partial charge in [0.1, 0.15) is 5.82 Å². The van der Waals surface area contributed by atoms with E-state index in [0.29, 0.717) is 6.54 Å². The van der Waals surface area contributed by atoms with Crippen LogP contribution in [0.3, 0.4) is 0 Å². The molecule has 10 heteroatoms. The summed E-state index contributed by atoms with van der Waals surface area (Å²) in [6.07, 6.45) is 1.89. The third-order valence-electron chi connectivity index (χ3n) is 2.62. The van der Waals surface area contributed by atoms with Crippen LogP contribution in [0.2, 0.25) is 5.15 Å². The molecule has 8 nitrogen and oxygen atoms in total. The number of hydrogen-bond acceptors (Lipinski definition) is 7. The first kappa shape index (κ1) is 15.5. The van der Waals surface area contributed by atoms with Crippen LogP contribution in [0, 0.1) is 0 Å². The van der Waals surface area contributed by atoms with Crippen LogP contribution in [-0.2, 0) is 9.84 Å². The molecule has 0 saturated carbocycles. The molecule has 0 aromatic carbocycles. The zero-order valence-electron chi connectivity index (χ0n) is 11.5. The van der Waals surface area contributed by atoms with E-state index in [1.165, 1.54) is 10.7 Å². The lowest BCUT2D eigenvalue weighted by Crippen LogP contribution is -2.08. The van der Waals surface area contributed by atoms with E-state index < -0.39 is 9.84 Å². The molecular formula is C11H15ClN6O2S. The average Bonchev–Trinajstić information content (AvgIpc) is 2.74. The van der Waals surface area contributed by atoms with E-state index in [1.54, 1.807) is 6.07 Å². The van der Waals surface area contributed by atoms with Gasteiger partial charge in [-0.25, -0.2) is 8.42 Å². The van der Waals surface area contributed by atoms with Crippen LogP contribution in [0.4, 0.5) is 11.6 Å². The van der Waals surface area contributed by atoms with Crippen LogP contribution in [0.5, 0.6) is 0 Å². The van der Waals surface area contributed by atoms with Gasteiger partial charge in [0, 0.05) is 12.8 Å². The molecule has 2 aromatic heterocycles. The molecule has 114 valence electrons. The number of nitrogens with zero attached hydrogens (tertiary/aromatic N) is 4. The fourth-order valence-corrected chi connectivity index (χ4v) is 2.77. The predicted octanol–water partition coefficient (Wildman–Crippen LogP) is 1.12. The Bertz CT molecular complexity index is 741. The summed E-state index contributed by atoms with van der Waals surface area (Å²) in [6.45, 7) is 2.53. The maximum Gasteiger partial charge on any atom is 0.182 e. The molecule has 2 aromatic rings. The molecule has 0 fully saturated rings. The van der Waals surface area contributed by atoms with Crippen LogP contribution in [-0.4, -0.2) is 41.2 Å². The normalized spacial score (nSPS) is 11.6. The number of nitrogens with one attached hydrogen (secondary N) is 1. The van der Waals surface area contributed by atoms with E-state index in [0.717, 1.165) is 12.7 Å². The highest BCUT2D eigenvalue weighted by atomic mass is 35.5. The van der Waals surface area contributed by atoms with Crippen molar-refractivity contribution in [3.63, 3.8) is 0 Å². The smallest absolute Gasteiger partial charge is 0.182 e. The van der Waals surface area contributed by atoms with Crippen molar-refractivity contribution in [2.24, 2.45) is 0 Å². The van der Waals surface area contributed by atoms with Gasteiger partial charge in [0.05, 0.1) is 0 Å². The minimum absolute atomic E-state index is 0.0206. The molecule has 0 aliphatic heterocycles. The molecule has 2 rings (SSSR count). The molecular weight excluding hydrogens is 316 g/mol. The number of hydrogen-bond donors (Lipinski definition) is 2. The number of nitrogens with two attached hydrogens (primary N) is 1. The van der Waals surface area contributed by atoms with Gasteiger partial charge < -0.3 is 11.1 Å². The van der Waals surface area contributed by atoms with E-state index in [4.69, 9.17) is 17.3 Å². The van der Waals surface area contributed by atoms with Gasteiger partial charge in [0.2, 0.25) is 0 Å². The lowest BCUT2D eigenvalue weighted by Gasteiger charge is -2.03. The molecule has 0 atom stereocenters. The first-order valence-corrected chi connectivity index (χ1v) is 8.43. The summed E-state index contributed by atoms with van der Waals surface area (Å²) in [5.41, 5.74) is 5.91. The quantitative estimate of drug-likeness (QED) is 0.843. The molecule has 0 bridgehead atoms. The lowest BCUT2D eigenvalue weighted by molar-refractivity contribution is 0.602. The van der Waals surface area contributed by atoms with Crippen molar-refractivity contribution in [2.45, 2.75) is 18.2 Å². The Kier molecular flexibility index (Phi) is 4.33. The van der Waals surface area contributed by atoms with Gasteiger partial charge in [-0.1, -0.05) is 18.5 Å². The molecule has 0 unspecified atom stereocenters. The Labute approximate surface area is 127 Å². The number of rotatable bonds is 5. The van der Waals surface area contributed by atoms with E-state index in [-0.39, 0.29) is 27.5 Å². The fourth-order valence-electron chi connectivity index (χ4n) is 1.74. The second-order valence-electron chi connectivity index (χ2n) is 4.39. The molecule has 0 radical (unpaired) electrons. The summed E-state index contributed by atoms with van der Waals surface area (Å²) in [7, 11) is -3.53. The highest BCUT2D eigenvalue weighted by molar-refractivity contribution is 7.91. The standard InChI is InChI=1S/C11H15ClN6O2S/c1-3-6-14-11-9(21(2,19)20)10(13)18(17-11)8-5-4-7(12)15-16-8/h4-5H,3,6,13H2,1-2H3,(H,14,17). The highest BCUT2D eigenvalue weighted by Gasteiger charge is 2.25. The monoisotopic (exact) mass is 330 g/mol. The fraction of sp³-hybridized carbons (Fsp3) is 0.364. The minimum atomic E-state index is -3.53. The molecule has 0 spiro atoms. The van der Waals surface area contributed by atoms with Gasteiger partial charge in [0.25, 0.3) is 0 Å². The minimum Gasteiger partial charge on any atom is -0.382 e. The Hall–Kier alpha value is -1.87. The van der Waals surface area contributed by atoms with Gasteiger partial charge in [-0.05, 0) is 18.6 Å². The second kappa shape index (κ2) is 5.86. The van der Waals surface area contributed by atoms with Gasteiger partial charge in [0.15, 0.2) is 31.5 Å². The maximum atomic E-state index is 11.9. The number of anilines is 2. The average molecular weight is 331 g/mol. The van der Waals surface area contributed by atoms with Crippen molar-refractivity contribution < 1.29 is 8.42 Å². The highest BCUT2D eigenvalue weighted by Crippen LogP contribution is 2.28. The molecule has 0 aliphatic carbocycles. The molecule has 21 heavy (non-hydrogen) atoms. The van der Waals surface area contributed by atoms with Crippen molar-refractivity contribution in [1.82, 2.24) is 20.0 Å². The molecule has 0 amide bonds. The largest absolute Gasteiger partial charge is 0.382 e. The van der Waals surface area contributed by atoms with E-state index in [1.807, 2.05) is 6.92 Å². The van der Waals surface area contributed by atoms with Gasteiger partial charge in [-0.15, -0.1) is 15.3 Å². The molecule has 0 saturated heterocycles. The van der Waals surface area contributed by atoms with Crippen molar-refractivity contribution in [1.29, 1.82) is 0 Å². The summed E-state index contributed by atoms with van der Waals surface area (Å²) >= 11 is 5.67. The van der Waals surface area contributed by atoms with Crippen LogP contribution in [0.1, 0.15) is 13.3 Å². The first-order valence-electron chi connectivity index (χ1n) is 6.16. The molecule has 2 heterocycles. The first-order chi connectivity index (χ1) is 9.84. The van der Waals surface area contributed by atoms with Crippen LogP contribution in [0.25, 0.3) is 5.82 Å². The van der Waals surface area contributed by atoms with Crippen LogP contribution >= 0.6 is 11.6 Å². The Morgan fingerprint density at radius 2 is 2.10 bits per heavy atom. The Morgan fingerprint density at radius 1 is 1.38 bits per heavy atom. The third-order valence-corrected chi connectivity index (χ3v) is 3.97. The second-order valence-corrected chi connectivity index (χ2v) is 6.73. The van der Waals surface area contributed by atoms with Gasteiger partial charge >= 0.3 is 0 Å². The summed E-state index contributed by atoms with van der Waals surface area (Å²) in [6, 6.07) is 3.07. The number of sulfone groups is 1.